The number of hydrogen-bond acceptors (Lipinski definition) is 4. The standard InChI is InChI=1S/C10H13NO4/c1-3-15-7-8-9(11(12)13)5-4-6-10(8)14-2/h4-6H,3,7H2,1-2H3. The van der Waals surface area contributed by atoms with Crippen LogP contribution in [0.4, 0.5) is 5.69 Å². The van der Waals surface area contributed by atoms with Crippen LogP contribution in [0.15, 0.2) is 18.2 Å². The van der Waals surface area contributed by atoms with Crippen molar-refractivity contribution in [2.45, 2.75) is 13.5 Å². The minimum atomic E-state index is -0.434. The molecule has 0 aliphatic heterocycles. The quantitative estimate of drug-likeness (QED) is 0.553. The van der Waals surface area contributed by atoms with Gasteiger partial charge in [-0.05, 0) is 13.0 Å². The monoisotopic (exact) mass is 211 g/mol. The third-order valence-electron chi connectivity index (χ3n) is 1.98. The van der Waals surface area contributed by atoms with Crippen LogP contribution < -0.4 is 4.74 Å². The van der Waals surface area contributed by atoms with Crippen molar-refractivity contribution >= 4 is 5.69 Å². The second-order valence-corrected chi connectivity index (χ2v) is 2.85. The molecule has 0 N–H and O–H groups in total. The lowest BCUT2D eigenvalue weighted by Gasteiger charge is -2.08. The molecule has 5 heteroatoms. The second kappa shape index (κ2) is 5.31. The molecule has 0 aliphatic carbocycles. The fraction of sp³-hybridized carbons (Fsp3) is 0.400. The Kier molecular flexibility index (Phi) is 4.05. The van der Waals surface area contributed by atoms with Crippen molar-refractivity contribution in [2.24, 2.45) is 0 Å². The van der Waals surface area contributed by atoms with Crippen LogP contribution in [0.1, 0.15) is 12.5 Å². The van der Waals surface area contributed by atoms with Gasteiger partial charge in [-0.15, -0.1) is 0 Å². The average Bonchev–Trinajstić information content (AvgIpc) is 2.25. The first-order valence-electron chi connectivity index (χ1n) is 4.58. The Morgan fingerprint density at radius 2 is 2.20 bits per heavy atom. The van der Waals surface area contributed by atoms with E-state index in [0.717, 1.165) is 0 Å². The van der Waals surface area contributed by atoms with Crippen molar-refractivity contribution in [1.82, 2.24) is 0 Å². The van der Waals surface area contributed by atoms with Crippen LogP contribution in [0.2, 0.25) is 0 Å². The number of nitrogens with zero attached hydrogens (tertiary/aromatic N) is 1. The van der Waals surface area contributed by atoms with E-state index in [4.69, 9.17) is 9.47 Å². The number of nitro groups is 1. The van der Waals surface area contributed by atoms with E-state index in [-0.39, 0.29) is 12.3 Å². The van der Waals surface area contributed by atoms with Crippen molar-refractivity contribution in [1.29, 1.82) is 0 Å². The van der Waals surface area contributed by atoms with Crippen molar-refractivity contribution in [2.75, 3.05) is 13.7 Å². The lowest BCUT2D eigenvalue weighted by atomic mass is 10.1. The highest BCUT2D eigenvalue weighted by Crippen LogP contribution is 2.28. The SMILES string of the molecule is CCOCc1c(OC)cccc1[N+](=O)[O-]. The molecule has 5 nitrogen and oxygen atoms in total. The van der Waals surface area contributed by atoms with Gasteiger partial charge >= 0.3 is 0 Å². The van der Waals surface area contributed by atoms with Crippen LogP contribution in [0.5, 0.6) is 5.75 Å². The maximum Gasteiger partial charge on any atom is 0.278 e. The minimum Gasteiger partial charge on any atom is -0.496 e. The minimum absolute atomic E-state index is 0.0304. The number of methoxy groups -OCH3 is 1. The summed E-state index contributed by atoms with van der Waals surface area (Å²) in [4.78, 5) is 10.3. The zero-order valence-corrected chi connectivity index (χ0v) is 8.73. The molecule has 0 aromatic heterocycles. The molecule has 1 rings (SSSR count). The van der Waals surface area contributed by atoms with Gasteiger partial charge in [0, 0.05) is 12.7 Å². The molecule has 0 saturated carbocycles. The van der Waals surface area contributed by atoms with Gasteiger partial charge in [0.2, 0.25) is 0 Å². The van der Waals surface area contributed by atoms with Gasteiger partial charge in [0.1, 0.15) is 5.75 Å². The fourth-order valence-corrected chi connectivity index (χ4v) is 1.27. The van der Waals surface area contributed by atoms with E-state index in [0.29, 0.717) is 17.9 Å². The summed E-state index contributed by atoms with van der Waals surface area (Å²) in [5.41, 5.74) is 0.509. The zero-order valence-electron chi connectivity index (χ0n) is 8.73. The molecule has 1 aromatic carbocycles. The normalized spacial score (nSPS) is 10.0. The van der Waals surface area contributed by atoms with Crippen molar-refractivity contribution in [3.63, 3.8) is 0 Å². The molecular formula is C10H13NO4. The van der Waals surface area contributed by atoms with E-state index in [1.54, 1.807) is 12.1 Å². The highest BCUT2D eigenvalue weighted by Gasteiger charge is 2.17. The molecule has 0 aliphatic rings. The number of rotatable bonds is 5. The number of ether oxygens (including phenoxy) is 2. The van der Waals surface area contributed by atoms with Crippen LogP contribution in [-0.2, 0) is 11.3 Å². The third-order valence-corrected chi connectivity index (χ3v) is 1.98. The first-order valence-corrected chi connectivity index (χ1v) is 4.58. The van der Waals surface area contributed by atoms with E-state index < -0.39 is 4.92 Å². The molecule has 0 bridgehead atoms. The van der Waals surface area contributed by atoms with Crippen molar-refractivity contribution in [3.05, 3.63) is 33.9 Å². The van der Waals surface area contributed by atoms with Crippen LogP contribution in [0.25, 0.3) is 0 Å². The maximum atomic E-state index is 10.7. The second-order valence-electron chi connectivity index (χ2n) is 2.85. The molecular weight excluding hydrogens is 198 g/mol. The molecule has 82 valence electrons. The van der Waals surface area contributed by atoms with Gasteiger partial charge in [0.25, 0.3) is 5.69 Å². The predicted molar refractivity (Wildman–Crippen MR) is 55.0 cm³/mol. The number of nitro benzene ring substituents is 1. The van der Waals surface area contributed by atoms with Gasteiger partial charge in [0.05, 0.1) is 24.2 Å². The summed E-state index contributed by atoms with van der Waals surface area (Å²) in [6.45, 7) is 2.53. The van der Waals surface area contributed by atoms with Crippen LogP contribution in [0.3, 0.4) is 0 Å². The Hall–Kier alpha value is -1.62. The first-order chi connectivity index (χ1) is 7.20. The van der Waals surface area contributed by atoms with Gasteiger partial charge in [-0.25, -0.2) is 0 Å². The summed E-state index contributed by atoms with van der Waals surface area (Å²) in [7, 11) is 1.48. The first kappa shape index (κ1) is 11.5. The Morgan fingerprint density at radius 3 is 2.73 bits per heavy atom. The smallest absolute Gasteiger partial charge is 0.278 e. The van der Waals surface area contributed by atoms with Crippen LogP contribution in [0, 0.1) is 10.1 Å². The number of hydrogen-bond donors (Lipinski definition) is 0. The summed E-state index contributed by atoms with van der Waals surface area (Å²) in [6, 6.07) is 4.71. The van der Waals surface area contributed by atoms with Gasteiger partial charge in [-0.2, -0.15) is 0 Å². The van der Waals surface area contributed by atoms with E-state index in [2.05, 4.69) is 0 Å². The van der Waals surface area contributed by atoms with E-state index >= 15 is 0 Å². The summed E-state index contributed by atoms with van der Waals surface area (Å²) >= 11 is 0. The lowest BCUT2D eigenvalue weighted by molar-refractivity contribution is -0.386. The van der Waals surface area contributed by atoms with Crippen molar-refractivity contribution in [3.8, 4) is 5.75 Å². The largest absolute Gasteiger partial charge is 0.496 e. The summed E-state index contributed by atoms with van der Waals surface area (Å²) < 4.78 is 10.2. The molecule has 15 heavy (non-hydrogen) atoms. The Morgan fingerprint density at radius 1 is 1.47 bits per heavy atom. The highest BCUT2D eigenvalue weighted by molar-refractivity contribution is 5.48. The van der Waals surface area contributed by atoms with E-state index in [1.165, 1.54) is 13.2 Å². The molecule has 0 amide bonds. The highest BCUT2D eigenvalue weighted by atomic mass is 16.6. The molecule has 0 fully saturated rings. The average molecular weight is 211 g/mol. The van der Waals surface area contributed by atoms with Gasteiger partial charge < -0.3 is 9.47 Å². The number of benzene rings is 1. The summed E-state index contributed by atoms with van der Waals surface area (Å²) in [6.07, 6.45) is 0. The summed E-state index contributed by atoms with van der Waals surface area (Å²) in [5.74, 6) is 0.484. The lowest BCUT2D eigenvalue weighted by Crippen LogP contribution is -2.01. The Labute approximate surface area is 87.8 Å². The van der Waals surface area contributed by atoms with Gasteiger partial charge in [-0.3, -0.25) is 10.1 Å². The van der Waals surface area contributed by atoms with Gasteiger partial charge in [0.15, 0.2) is 0 Å². The fourth-order valence-electron chi connectivity index (χ4n) is 1.27. The molecule has 0 radical (unpaired) electrons. The molecule has 0 atom stereocenters. The topological polar surface area (TPSA) is 61.6 Å². The third kappa shape index (κ3) is 2.66. The van der Waals surface area contributed by atoms with E-state index in [1.807, 2.05) is 6.92 Å². The Bertz CT molecular complexity index is 351. The van der Waals surface area contributed by atoms with E-state index in [9.17, 15) is 10.1 Å². The molecule has 0 unspecified atom stereocenters. The van der Waals surface area contributed by atoms with Crippen LogP contribution >= 0.6 is 0 Å². The predicted octanol–water partition coefficient (Wildman–Crippen LogP) is 2.14. The molecule has 0 spiro atoms. The molecule has 1 aromatic rings. The van der Waals surface area contributed by atoms with Crippen molar-refractivity contribution < 1.29 is 14.4 Å². The Balaban J connectivity index is 3.08. The van der Waals surface area contributed by atoms with Gasteiger partial charge in [-0.1, -0.05) is 6.07 Å². The zero-order chi connectivity index (χ0) is 11.3. The van der Waals surface area contributed by atoms with Crippen LogP contribution in [-0.4, -0.2) is 18.6 Å². The molecule has 0 heterocycles. The summed E-state index contributed by atoms with van der Waals surface area (Å²) in [5, 5.41) is 10.7. The molecule has 0 saturated heterocycles. The maximum absolute atomic E-state index is 10.7.